The summed E-state index contributed by atoms with van der Waals surface area (Å²) >= 11 is 0. The standard InChI is InChI=1S/C25H36O7/c1-14(26)32-19-12-25(30)18-6-9-24(29)11-16(27)4-7-22(24,2)17(18)5-8-23(25,3)21(19)15-10-20(28)31-13-15/h10,16-19,21,26-27,29-30H,1,4-9,11-13H2,2-3H3/t16?,17-,18+,19?,21?,22?,23?,24?,25?/m0/s1. The summed E-state index contributed by atoms with van der Waals surface area (Å²) in [6.45, 7) is 7.90. The number of hydrogen-bond acceptors (Lipinski definition) is 7. The maximum Gasteiger partial charge on any atom is 0.331 e. The molecule has 0 aromatic heterocycles. The summed E-state index contributed by atoms with van der Waals surface area (Å²) in [5.41, 5.74) is -2.12. The van der Waals surface area contributed by atoms with Gasteiger partial charge in [-0.3, -0.25) is 0 Å². The highest BCUT2D eigenvalue weighted by atomic mass is 16.6. The lowest BCUT2D eigenvalue weighted by atomic mass is 9.42. The van der Waals surface area contributed by atoms with E-state index < -0.39 is 28.8 Å². The van der Waals surface area contributed by atoms with Crippen molar-refractivity contribution >= 4 is 5.97 Å². The Labute approximate surface area is 189 Å². The third-order valence-corrected chi connectivity index (χ3v) is 10.3. The molecule has 9 atom stereocenters. The lowest BCUT2D eigenvalue weighted by molar-refractivity contribution is -0.255. The fourth-order valence-corrected chi connectivity index (χ4v) is 8.71. The molecule has 0 bridgehead atoms. The Bertz CT molecular complexity index is 868. The molecule has 32 heavy (non-hydrogen) atoms. The largest absolute Gasteiger partial charge is 0.481 e. The van der Waals surface area contributed by atoms with Crippen LogP contribution in [0.3, 0.4) is 0 Å². The Morgan fingerprint density at radius 3 is 2.44 bits per heavy atom. The van der Waals surface area contributed by atoms with E-state index in [-0.39, 0.29) is 41.7 Å². The molecule has 0 radical (unpaired) electrons. The van der Waals surface area contributed by atoms with Crippen molar-refractivity contribution in [2.24, 2.45) is 28.6 Å². The normalized spacial score (nSPS) is 52.3. The second-order valence-electron chi connectivity index (χ2n) is 11.5. The fourth-order valence-electron chi connectivity index (χ4n) is 8.71. The second-order valence-corrected chi connectivity index (χ2v) is 11.5. The van der Waals surface area contributed by atoms with E-state index in [0.717, 1.165) is 18.4 Å². The van der Waals surface area contributed by atoms with E-state index in [1.807, 2.05) is 0 Å². The number of esters is 1. The summed E-state index contributed by atoms with van der Waals surface area (Å²) in [7, 11) is 0. The minimum Gasteiger partial charge on any atom is -0.481 e. The van der Waals surface area contributed by atoms with E-state index in [9.17, 15) is 25.2 Å². The van der Waals surface area contributed by atoms with Crippen molar-refractivity contribution in [3.8, 4) is 0 Å². The van der Waals surface area contributed by atoms with E-state index in [2.05, 4.69) is 20.4 Å². The third kappa shape index (κ3) is 2.80. The molecule has 4 N–H and O–H groups in total. The van der Waals surface area contributed by atoms with Crippen LogP contribution in [-0.2, 0) is 14.3 Å². The van der Waals surface area contributed by atoms with Gasteiger partial charge in [-0.1, -0.05) is 13.8 Å². The number of carbonyl (C=O) groups is 1. The van der Waals surface area contributed by atoms with E-state index in [1.54, 1.807) is 0 Å². The van der Waals surface area contributed by atoms with Crippen LogP contribution in [0.15, 0.2) is 24.2 Å². The number of aliphatic hydroxyl groups excluding tert-OH is 2. The summed E-state index contributed by atoms with van der Waals surface area (Å²) in [6.07, 6.45) is 5.44. The van der Waals surface area contributed by atoms with Gasteiger partial charge in [0.05, 0.1) is 17.3 Å². The van der Waals surface area contributed by atoms with Crippen LogP contribution in [0.1, 0.15) is 65.2 Å². The molecular weight excluding hydrogens is 412 g/mol. The Morgan fingerprint density at radius 2 is 1.78 bits per heavy atom. The fraction of sp³-hybridized carbons (Fsp3) is 0.800. The first-order chi connectivity index (χ1) is 14.9. The number of rotatable bonds is 3. The van der Waals surface area contributed by atoms with E-state index in [4.69, 9.17) is 9.47 Å². The molecule has 0 saturated heterocycles. The zero-order chi connectivity index (χ0) is 23.1. The zero-order valence-corrected chi connectivity index (χ0v) is 19.0. The van der Waals surface area contributed by atoms with E-state index in [1.165, 1.54) is 6.08 Å². The first kappa shape index (κ1) is 22.2. The molecule has 7 unspecified atom stereocenters. The van der Waals surface area contributed by atoms with Crippen molar-refractivity contribution in [3.05, 3.63) is 24.2 Å². The van der Waals surface area contributed by atoms with Gasteiger partial charge in [0, 0.05) is 30.3 Å². The van der Waals surface area contributed by atoms with Gasteiger partial charge in [-0.25, -0.2) is 4.79 Å². The minimum absolute atomic E-state index is 0.0385. The molecule has 1 heterocycles. The van der Waals surface area contributed by atoms with Gasteiger partial charge in [0.1, 0.15) is 12.7 Å². The molecule has 1 aliphatic heterocycles. The van der Waals surface area contributed by atoms with Gasteiger partial charge in [0.15, 0.2) is 0 Å². The monoisotopic (exact) mass is 448 g/mol. The molecule has 178 valence electrons. The van der Waals surface area contributed by atoms with Gasteiger partial charge in [-0.2, -0.15) is 0 Å². The average Bonchev–Trinajstić information content (AvgIpc) is 3.20. The summed E-state index contributed by atoms with van der Waals surface area (Å²) in [4.78, 5) is 11.9. The van der Waals surface area contributed by atoms with Crippen molar-refractivity contribution in [1.82, 2.24) is 0 Å². The van der Waals surface area contributed by atoms with Crippen molar-refractivity contribution in [3.63, 3.8) is 0 Å². The predicted octanol–water partition coefficient (Wildman–Crippen LogP) is 2.74. The van der Waals surface area contributed by atoms with Crippen molar-refractivity contribution in [2.45, 2.75) is 88.6 Å². The molecule has 4 fully saturated rings. The van der Waals surface area contributed by atoms with Crippen LogP contribution in [0.2, 0.25) is 0 Å². The van der Waals surface area contributed by atoms with Gasteiger partial charge >= 0.3 is 5.97 Å². The number of carbonyl (C=O) groups excluding carboxylic acids is 1. The Hall–Kier alpha value is -1.57. The molecule has 5 aliphatic rings. The van der Waals surface area contributed by atoms with Gasteiger partial charge in [0.25, 0.3) is 5.95 Å². The van der Waals surface area contributed by atoms with Gasteiger partial charge < -0.3 is 29.9 Å². The number of hydrogen-bond donors (Lipinski definition) is 4. The number of aliphatic hydroxyl groups is 4. The quantitative estimate of drug-likeness (QED) is 0.387. The Kier molecular flexibility index (Phi) is 4.84. The predicted molar refractivity (Wildman–Crippen MR) is 115 cm³/mol. The summed E-state index contributed by atoms with van der Waals surface area (Å²) in [6, 6.07) is 0. The van der Waals surface area contributed by atoms with E-state index in [0.29, 0.717) is 38.5 Å². The van der Waals surface area contributed by atoms with Gasteiger partial charge in [-0.05, 0) is 67.9 Å². The topological polar surface area (TPSA) is 116 Å². The van der Waals surface area contributed by atoms with Crippen LogP contribution in [0, 0.1) is 28.6 Å². The lowest BCUT2D eigenvalue weighted by Crippen LogP contribution is -2.67. The molecule has 7 nitrogen and oxygen atoms in total. The SMILES string of the molecule is C=C(O)OC1CC2(O)[C@@H]3CCC4(O)CC(O)CCC4(C)[C@H]3CCC2(C)C1C1=CC(=O)OC1. The third-order valence-electron chi connectivity index (χ3n) is 10.3. The van der Waals surface area contributed by atoms with Crippen LogP contribution in [0.25, 0.3) is 0 Å². The average molecular weight is 449 g/mol. The highest BCUT2D eigenvalue weighted by molar-refractivity contribution is 5.85. The Balaban J connectivity index is 1.54. The van der Waals surface area contributed by atoms with Crippen molar-refractivity contribution in [1.29, 1.82) is 0 Å². The summed E-state index contributed by atoms with van der Waals surface area (Å²) < 4.78 is 10.9. The molecule has 4 aliphatic carbocycles. The smallest absolute Gasteiger partial charge is 0.331 e. The van der Waals surface area contributed by atoms with Crippen LogP contribution >= 0.6 is 0 Å². The molecule has 0 aromatic carbocycles. The van der Waals surface area contributed by atoms with Gasteiger partial charge in [-0.15, -0.1) is 0 Å². The maximum atomic E-state index is 12.4. The molecule has 5 rings (SSSR count). The number of fused-ring (bicyclic) bond motifs is 5. The van der Waals surface area contributed by atoms with Crippen LogP contribution in [0.5, 0.6) is 0 Å². The number of cyclic esters (lactones) is 1. The zero-order valence-electron chi connectivity index (χ0n) is 19.0. The summed E-state index contributed by atoms with van der Waals surface area (Å²) in [5, 5.41) is 44.1. The van der Waals surface area contributed by atoms with Crippen molar-refractivity contribution < 1.29 is 34.7 Å². The maximum absolute atomic E-state index is 12.4. The minimum atomic E-state index is -1.08. The van der Waals surface area contributed by atoms with Crippen LogP contribution in [-0.4, -0.2) is 56.4 Å². The van der Waals surface area contributed by atoms with Crippen LogP contribution < -0.4 is 0 Å². The molecule has 0 aromatic rings. The van der Waals surface area contributed by atoms with Crippen LogP contribution in [0.4, 0.5) is 0 Å². The highest BCUT2D eigenvalue weighted by Crippen LogP contribution is 2.71. The highest BCUT2D eigenvalue weighted by Gasteiger charge is 2.72. The van der Waals surface area contributed by atoms with E-state index >= 15 is 0 Å². The molecule has 0 spiro atoms. The lowest BCUT2D eigenvalue weighted by Gasteiger charge is -2.65. The van der Waals surface area contributed by atoms with Gasteiger partial charge in [0.2, 0.25) is 0 Å². The molecule has 7 heteroatoms. The molecule has 0 amide bonds. The molecular formula is C25H36O7. The summed E-state index contributed by atoms with van der Waals surface area (Å²) in [5.74, 6) is -0.960. The number of ether oxygens (including phenoxy) is 2. The second kappa shape index (κ2) is 6.97. The first-order valence-electron chi connectivity index (χ1n) is 12.0. The van der Waals surface area contributed by atoms with Crippen molar-refractivity contribution in [2.75, 3.05) is 6.61 Å². The Morgan fingerprint density at radius 1 is 1.09 bits per heavy atom. The first-order valence-corrected chi connectivity index (χ1v) is 12.0. The molecule has 4 saturated carbocycles.